The number of hydrogen-bond donors (Lipinski definition) is 0. The Balaban J connectivity index is 2.24. The summed E-state index contributed by atoms with van der Waals surface area (Å²) in [5, 5.41) is 0. The number of benzene rings is 1. The Labute approximate surface area is 108 Å². The monoisotopic (exact) mass is 245 g/mol. The molecule has 1 atom stereocenters. The van der Waals surface area contributed by atoms with Crippen LogP contribution >= 0.6 is 0 Å². The molecule has 0 aliphatic carbocycles. The van der Waals surface area contributed by atoms with Gasteiger partial charge < -0.3 is 0 Å². The molecular formula is C15H19NO2. The fraction of sp³-hybridized carbons (Fsp3) is 0.467. The number of amides is 2. The van der Waals surface area contributed by atoms with Crippen LogP contribution in [0.1, 0.15) is 48.4 Å². The predicted molar refractivity (Wildman–Crippen MR) is 70.4 cm³/mol. The number of imide groups is 1. The average molecular weight is 245 g/mol. The zero-order valence-electron chi connectivity index (χ0n) is 11.4. The lowest BCUT2D eigenvalue weighted by atomic mass is 9.82. The van der Waals surface area contributed by atoms with Gasteiger partial charge in [-0.15, -0.1) is 0 Å². The third-order valence-corrected chi connectivity index (χ3v) is 3.81. The highest BCUT2D eigenvalue weighted by atomic mass is 16.2. The summed E-state index contributed by atoms with van der Waals surface area (Å²) < 4.78 is 0. The first-order chi connectivity index (χ1) is 8.32. The molecule has 0 spiro atoms. The molecule has 1 aliphatic rings. The van der Waals surface area contributed by atoms with Gasteiger partial charge >= 0.3 is 0 Å². The third-order valence-electron chi connectivity index (χ3n) is 3.81. The lowest BCUT2D eigenvalue weighted by Crippen LogP contribution is -2.37. The quantitative estimate of drug-likeness (QED) is 0.751. The Morgan fingerprint density at radius 2 is 1.50 bits per heavy atom. The number of nitrogens with zero attached hydrogens (tertiary/aromatic N) is 1. The van der Waals surface area contributed by atoms with E-state index >= 15 is 0 Å². The normalized spacial score (nSPS) is 17.0. The molecule has 3 nitrogen and oxygen atoms in total. The van der Waals surface area contributed by atoms with Gasteiger partial charge in [0, 0.05) is 6.54 Å². The Kier molecular flexibility index (Phi) is 3.01. The van der Waals surface area contributed by atoms with Gasteiger partial charge in [-0.25, -0.2) is 0 Å². The first kappa shape index (κ1) is 12.8. The summed E-state index contributed by atoms with van der Waals surface area (Å²) in [5.74, 6) is -0.0573. The number of fused-ring (bicyclic) bond motifs is 1. The number of rotatable bonds is 2. The maximum Gasteiger partial charge on any atom is 0.261 e. The summed E-state index contributed by atoms with van der Waals surface area (Å²) >= 11 is 0. The van der Waals surface area contributed by atoms with Crippen molar-refractivity contribution >= 4 is 11.8 Å². The van der Waals surface area contributed by atoms with Gasteiger partial charge in [0.15, 0.2) is 0 Å². The van der Waals surface area contributed by atoms with Gasteiger partial charge in [-0.2, -0.15) is 0 Å². The van der Waals surface area contributed by atoms with E-state index in [1.807, 2.05) is 0 Å². The van der Waals surface area contributed by atoms with Gasteiger partial charge in [-0.1, -0.05) is 39.8 Å². The van der Waals surface area contributed by atoms with Crippen molar-refractivity contribution in [3.63, 3.8) is 0 Å². The van der Waals surface area contributed by atoms with E-state index in [1.54, 1.807) is 24.3 Å². The van der Waals surface area contributed by atoms with Gasteiger partial charge in [0.1, 0.15) is 0 Å². The van der Waals surface area contributed by atoms with Crippen LogP contribution < -0.4 is 0 Å². The zero-order chi connectivity index (χ0) is 13.5. The molecule has 1 heterocycles. The standard InChI is InChI=1S/C15H19NO2/c1-10(15(2,3)4)9-16-13(17)11-7-5-6-8-12(11)14(16)18/h5-8,10H,9H2,1-4H3. The number of carbonyl (C=O) groups excluding carboxylic acids is 2. The highest BCUT2D eigenvalue weighted by Gasteiger charge is 2.37. The highest BCUT2D eigenvalue weighted by Crippen LogP contribution is 2.29. The fourth-order valence-electron chi connectivity index (χ4n) is 1.95. The van der Waals surface area contributed by atoms with Gasteiger partial charge in [-0.05, 0) is 23.5 Å². The lowest BCUT2D eigenvalue weighted by molar-refractivity contribution is 0.0595. The SMILES string of the molecule is CC(CN1C(=O)c2ccccc2C1=O)C(C)(C)C. The highest BCUT2D eigenvalue weighted by molar-refractivity contribution is 6.21. The van der Waals surface area contributed by atoms with Gasteiger partial charge in [-0.3, -0.25) is 14.5 Å². The Hall–Kier alpha value is -1.64. The molecule has 1 unspecified atom stereocenters. The molecule has 0 radical (unpaired) electrons. The Morgan fingerprint density at radius 3 is 1.89 bits per heavy atom. The van der Waals surface area contributed by atoms with E-state index in [1.165, 1.54) is 4.90 Å². The molecule has 0 aromatic heterocycles. The van der Waals surface area contributed by atoms with Crippen LogP contribution in [0.2, 0.25) is 0 Å². The van der Waals surface area contributed by atoms with Crippen molar-refractivity contribution in [3.05, 3.63) is 35.4 Å². The van der Waals surface area contributed by atoms with Crippen LogP contribution in [-0.4, -0.2) is 23.3 Å². The summed E-state index contributed by atoms with van der Waals surface area (Å²) in [6.45, 7) is 8.92. The first-order valence-corrected chi connectivity index (χ1v) is 6.27. The largest absolute Gasteiger partial charge is 0.274 e. The minimum atomic E-state index is -0.160. The number of carbonyl (C=O) groups is 2. The minimum Gasteiger partial charge on any atom is -0.274 e. The van der Waals surface area contributed by atoms with Crippen molar-refractivity contribution in [2.45, 2.75) is 27.7 Å². The van der Waals surface area contributed by atoms with Crippen molar-refractivity contribution in [3.8, 4) is 0 Å². The third kappa shape index (κ3) is 2.05. The second-order valence-electron chi connectivity index (χ2n) is 6.03. The van der Waals surface area contributed by atoms with Crippen LogP contribution in [0.25, 0.3) is 0 Å². The molecule has 18 heavy (non-hydrogen) atoms. The lowest BCUT2D eigenvalue weighted by Gasteiger charge is -2.30. The second kappa shape index (κ2) is 4.23. The van der Waals surface area contributed by atoms with E-state index in [0.29, 0.717) is 17.7 Å². The Bertz CT molecular complexity index is 464. The summed E-state index contributed by atoms with van der Waals surface area (Å²) in [6, 6.07) is 7.02. The average Bonchev–Trinajstić information content (AvgIpc) is 2.54. The van der Waals surface area contributed by atoms with Crippen molar-refractivity contribution in [2.24, 2.45) is 11.3 Å². The molecule has 1 aromatic carbocycles. The van der Waals surface area contributed by atoms with Crippen molar-refractivity contribution < 1.29 is 9.59 Å². The molecule has 0 saturated carbocycles. The maximum absolute atomic E-state index is 12.2. The van der Waals surface area contributed by atoms with Crippen LogP contribution in [0.3, 0.4) is 0 Å². The number of hydrogen-bond acceptors (Lipinski definition) is 2. The van der Waals surface area contributed by atoms with E-state index in [4.69, 9.17) is 0 Å². The molecule has 0 saturated heterocycles. The topological polar surface area (TPSA) is 37.4 Å². The smallest absolute Gasteiger partial charge is 0.261 e. The molecule has 1 aliphatic heterocycles. The molecule has 2 rings (SSSR count). The van der Waals surface area contributed by atoms with Gasteiger partial charge in [0.25, 0.3) is 11.8 Å². The molecule has 96 valence electrons. The fourth-order valence-corrected chi connectivity index (χ4v) is 1.95. The maximum atomic E-state index is 12.2. The molecule has 1 aromatic rings. The Morgan fingerprint density at radius 1 is 1.06 bits per heavy atom. The van der Waals surface area contributed by atoms with Gasteiger partial charge in [0.2, 0.25) is 0 Å². The molecule has 2 amide bonds. The van der Waals surface area contributed by atoms with Crippen LogP contribution in [0, 0.1) is 11.3 Å². The van der Waals surface area contributed by atoms with E-state index in [0.717, 1.165) is 0 Å². The van der Waals surface area contributed by atoms with Crippen molar-refractivity contribution in [1.82, 2.24) is 4.90 Å². The first-order valence-electron chi connectivity index (χ1n) is 6.27. The van der Waals surface area contributed by atoms with E-state index < -0.39 is 0 Å². The molecule has 0 fully saturated rings. The summed E-state index contributed by atoms with van der Waals surface area (Å²) in [4.78, 5) is 25.7. The van der Waals surface area contributed by atoms with Crippen LogP contribution in [0.15, 0.2) is 24.3 Å². The second-order valence-corrected chi connectivity index (χ2v) is 6.03. The van der Waals surface area contributed by atoms with Crippen LogP contribution in [0.5, 0.6) is 0 Å². The molecule has 0 bridgehead atoms. The van der Waals surface area contributed by atoms with E-state index in [9.17, 15) is 9.59 Å². The van der Waals surface area contributed by atoms with Crippen molar-refractivity contribution in [2.75, 3.05) is 6.54 Å². The predicted octanol–water partition coefficient (Wildman–Crippen LogP) is 2.96. The molecule has 3 heteroatoms. The van der Waals surface area contributed by atoms with E-state index in [-0.39, 0.29) is 23.1 Å². The molecular weight excluding hydrogens is 226 g/mol. The van der Waals surface area contributed by atoms with Crippen molar-refractivity contribution in [1.29, 1.82) is 0 Å². The van der Waals surface area contributed by atoms with Crippen LogP contribution in [-0.2, 0) is 0 Å². The zero-order valence-corrected chi connectivity index (χ0v) is 11.4. The summed E-state index contributed by atoms with van der Waals surface area (Å²) in [5.41, 5.74) is 1.14. The van der Waals surface area contributed by atoms with Gasteiger partial charge in [0.05, 0.1) is 11.1 Å². The minimum absolute atomic E-state index is 0.0787. The molecule has 0 N–H and O–H groups in total. The summed E-state index contributed by atoms with van der Waals surface area (Å²) in [7, 11) is 0. The van der Waals surface area contributed by atoms with E-state index in [2.05, 4.69) is 27.7 Å². The van der Waals surface area contributed by atoms with Crippen LogP contribution in [0.4, 0.5) is 0 Å². The summed E-state index contributed by atoms with van der Waals surface area (Å²) in [6.07, 6.45) is 0.